The molecule has 0 radical (unpaired) electrons. The van der Waals surface area contributed by atoms with Crippen LogP contribution in [0.1, 0.15) is 58.4 Å². The zero-order valence-electron chi connectivity index (χ0n) is 16.9. The van der Waals surface area contributed by atoms with Crippen LogP contribution in [0.15, 0.2) is 18.2 Å². The van der Waals surface area contributed by atoms with Crippen molar-refractivity contribution < 1.29 is 19.2 Å². The third-order valence-corrected chi connectivity index (χ3v) is 7.13. The molecule has 1 aromatic rings. The first kappa shape index (κ1) is 19.4. The largest absolute Gasteiger partial charge is 0.317 e. The van der Waals surface area contributed by atoms with Crippen LogP contribution >= 0.6 is 0 Å². The Morgan fingerprint density at radius 1 is 1.03 bits per heavy atom. The van der Waals surface area contributed by atoms with Crippen molar-refractivity contribution in [2.75, 3.05) is 26.2 Å². The first-order chi connectivity index (χ1) is 14.5. The van der Waals surface area contributed by atoms with E-state index in [4.69, 9.17) is 0 Å². The van der Waals surface area contributed by atoms with Crippen molar-refractivity contribution in [2.45, 2.75) is 44.7 Å². The number of carbonyl (C=O) groups is 4. The summed E-state index contributed by atoms with van der Waals surface area (Å²) in [5.41, 5.74) is 1.98. The Morgan fingerprint density at radius 2 is 1.83 bits per heavy atom. The van der Waals surface area contributed by atoms with E-state index in [9.17, 15) is 19.2 Å². The Morgan fingerprint density at radius 3 is 2.60 bits per heavy atom. The summed E-state index contributed by atoms with van der Waals surface area (Å²) in [6, 6.07) is 4.45. The van der Waals surface area contributed by atoms with Crippen LogP contribution in [0.25, 0.3) is 0 Å². The Kier molecular flexibility index (Phi) is 4.71. The zero-order valence-corrected chi connectivity index (χ0v) is 16.9. The summed E-state index contributed by atoms with van der Waals surface area (Å²) in [4.78, 5) is 53.4. The van der Waals surface area contributed by atoms with Crippen molar-refractivity contribution in [1.29, 1.82) is 0 Å². The summed E-state index contributed by atoms with van der Waals surface area (Å²) in [5, 5.41) is 5.67. The highest BCUT2D eigenvalue weighted by molar-refractivity contribution is 6.24. The minimum atomic E-state index is -0.923. The van der Waals surface area contributed by atoms with Crippen LogP contribution in [-0.2, 0) is 16.1 Å². The number of likely N-dealkylation sites (tertiary alicyclic amines) is 1. The first-order valence-electron chi connectivity index (χ1n) is 10.7. The molecule has 158 valence electrons. The van der Waals surface area contributed by atoms with Gasteiger partial charge in [-0.25, -0.2) is 0 Å². The Balaban J connectivity index is 1.37. The third-order valence-electron chi connectivity index (χ3n) is 7.13. The smallest absolute Gasteiger partial charge is 0.262 e. The molecule has 8 nitrogen and oxygen atoms in total. The number of amides is 4. The number of imide groups is 2. The maximum atomic E-state index is 13.2. The molecular formula is C22H26N4O4. The molecule has 4 aliphatic heterocycles. The molecule has 8 heteroatoms. The molecule has 4 amide bonds. The minimum absolute atomic E-state index is 0.126. The SMILES string of the molecule is O=C1CCC(N2C(=O)c3cccc(CN4CCC5(CCNCC5)C4)c3C2=O)C(=O)N1. The summed E-state index contributed by atoms with van der Waals surface area (Å²) in [7, 11) is 0. The molecule has 4 heterocycles. The van der Waals surface area contributed by atoms with Crippen LogP contribution in [0.4, 0.5) is 0 Å². The normalized spacial score (nSPS) is 26.4. The maximum absolute atomic E-state index is 13.2. The van der Waals surface area contributed by atoms with Crippen LogP contribution in [0.5, 0.6) is 0 Å². The Labute approximate surface area is 175 Å². The number of hydrogen-bond acceptors (Lipinski definition) is 6. The number of fused-ring (bicyclic) bond motifs is 1. The van der Waals surface area contributed by atoms with Crippen LogP contribution in [0.2, 0.25) is 0 Å². The summed E-state index contributed by atoms with van der Waals surface area (Å²) in [6.45, 7) is 4.74. The number of nitrogens with one attached hydrogen (secondary N) is 2. The van der Waals surface area contributed by atoms with Gasteiger partial charge < -0.3 is 5.32 Å². The van der Waals surface area contributed by atoms with Crippen molar-refractivity contribution in [3.8, 4) is 0 Å². The van der Waals surface area contributed by atoms with Gasteiger partial charge in [0.1, 0.15) is 6.04 Å². The molecule has 0 aromatic heterocycles. The second kappa shape index (κ2) is 7.28. The van der Waals surface area contributed by atoms with Gasteiger partial charge in [0.25, 0.3) is 11.8 Å². The lowest BCUT2D eigenvalue weighted by molar-refractivity contribution is -0.136. The number of piperidine rings is 2. The molecular weight excluding hydrogens is 384 g/mol. The molecule has 1 unspecified atom stereocenters. The fourth-order valence-electron chi connectivity index (χ4n) is 5.49. The van der Waals surface area contributed by atoms with Crippen LogP contribution < -0.4 is 10.6 Å². The van der Waals surface area contributed by atoms with E-state index in [2.05, 4.69) is 15.5 Å². The fourth-order valence-corrected chi connectivity index (χ4v) is 5.49. The van der Waals surface area contributed by atoms with Gasteiger partial charge in [0.05, 0.1) is 11.1 Å². The van der Waals surface area contributed by atoms with Gasteiger partial charge in [0, 0.05) is 19.5 Å². The topological polar surface area (TPSA) is 98.8 Å². The van der Waals surface area contributed by atoms with Gasteiger partial charge in [-0.2, -0.15) is 0 Å². The van der Waals surface area contributed by atoms with Gasteiger partial charge in [-0.15, -0.1) is 0 Å². The summed E-state index contributed by atoms with van der Waals surface area (Å²) in [6.07, 6.45) is 3.82. The van der Waals surface area contributed by atoms with E-state index in [-0.39, 0.29) is 18.7 Å². The van der Waals surface area contributed by atoms with Gasteiger partial charge in [0.15, 0.2) is 0 Å². The number of benzene rings is 1. The molecule has 0 aliphatic carbocycles. The summed E-state index contributed by atoms with van der Waals surface area (Å²) >= 11 is 0. The second-order valence-corrected chi connectivity index (χ2v) is 9.00. The van der Waals surface area contributed by atoms with Crippen molar-refractivity contribution >= 4 is 23.6 Å². The van der Waals surface area contributed by atoms with E-state index in [0.29, 0.717) is 23.1 Å². The lowest BCUT2D eigenvalue weighted by Crippen LogP contribution is -2.54. The lowest BCUT2D eigenvalue weighted by Gasteiger charge is -2.34. The maximum Gasteiger partial charge on any atom is 0.262 e. The fraction of sp³-hybridized carbons (Fsp3) is 0.545. The molecule has 4 aliphatic rings. The van der Waals surface area contributed by atoms with E-state index >= 15 is 0 Å². The van der Waals surface area contributed by atoms with E-state index < -0.39 is 23.8 Å². The second-order valence-electron chi connectivity index (χ2n) is 9.00. The molecule has 2 N–H and O–H groups in total. The standard InChI is InChI=1S/C22H26N4O4/c27-17-5-4-16(19(28)24-17)26-20(29)15-3-1-2-14(18(15)21(26)30)12-25-11-8-22(13-25)6-9-23-10-7-22/h1-3,16,23H,4-13H2,(H,24,27,28). The van der Waals surface area contributed by atoms with Gasteiger partial charge in [-0.3, -0.25) is 34.3 Å². The highest BCUT2D eigenvalue weighted by Gasteiger charge is 2.46. The lowest BCUT2D eigenvalue weighted by atomic mass is 9.78. The Bertz CT molecular complexity index is 937. The van der Waals surface area contributed by atoms with Crippen LogP contribution in [-0.4, -0.2) is 65.6 Å². The highest BCUT2D eigenvalue weighted by atomic mass is 16.2. The quantitative estimate of drug-likeness (QED) is 0.711. The van der Waals surface area contributed by atoms with Gasteiger partial charge in [-0.1, -0.05) is 12.1 Å². The zero-order chi connectivity index (χ0) is 20.9. The molecule has 30 heavy (non-hydrogen) atoms. The van der Waals surface area contributed by atoms with E-state index in [1.165, 1.54) is 19.3 Å². The molecule has 1 aromatic carbocycles. The Hall–Kier alpha value is -2.58. The third kappa shape index (κ3) is 3.15. The number of carbonyl (C=O) groups excluding carboxylic acids is 4. The molecule has 0 bridgehead atoms. The van der Waals surface area contributed by atoms with Crippen molar-refractivity contribution in [1.82, 2.24) is 20.4 Å². The van der Waals surface area contributed by atoms with Crippen molar-refractivity contribution in [3.63, 3.8) is 0 Å². The number of rotatable bonds is 3. The van der Waals surface area contributed by atoms with Gasteiger partial charge in [0.2, 0.25) is 11.8 Å². The van der Waals surface area contributed by atoms with Gasteiger partial charge in [-0.05, 0) is 62.4 Å². The highest BCUT2D eigenvalue weighted by Crippen LogP contribution is 2.39. The van der Waals surface area contributed by atoms with E-state index in [1.54, 1.807) is 6.07 Å². The summed E-state index contributed by atoms with van der Waals surface area (Å²) in [5.74, 6) is -1.80. The molecule has 1 atom stereocenters. The van der Waals surface area contributed by atoms with Crippen LogP contribution in [0.3, 0.4) is 0 Å². The summed E-state index contributed by atoms with van der Waals surface area (Å²) < 4.78 is 0. The van der Waals surface area contributed by atoms with E-state index in [0.717, 1.165) is 36.6 Å². The molecule has 5 rings (SSSR count). The number of nitrogens with zero attached hydrogens (tertiary/aromatic N) is 2. The molecule has 1 spiro atoms. The monoisotopic (exact) mass is 410 g/mol. The predicted molar refractivity (Wildman–Crippen MR) is 108 cm³/mol. The van der Waals surface area contributed by atoms with Crippen molar-refractivity contribution in [3.05, 3.63) is 34.9 Å². The average Bonchev–Trinajstić information content (AvgIpc) is 3.22. The molecule has 3 saturated heterocycles. The van der Waals surface area contributed by atoms with Crippen molar-refractivity contribution in [2.24, 2.45) is 5.41 Å². The molecule has 0 saturated carbocycles. The van der Waals surface area contributed by atoms with Gasteiger partial charge >= 0.3 is 0 Å². The molecule has 3 fully saturated rings. The van der Waals surface area contributed by atoms with Crippen LogP contribution in [0, 0.1) is 5.41 Å². The predicted octanol–water partition coefficient (Wildman–Crippen LogP) is 0.663. The van der Waals surface area contributed by atoms with E-state index in [1.807, 2.05) is 12.1 Å². The first-order valence-corrected chi connectivity index (χ1v) is 10.7. The number of hydrogen-bond donors (Lipinski definition) is 2. The average molecular weight is 410 g/mol. The minimum Gasteiger partial charge on any atom is -0.317 e.